The number of thiophene rings is 1. The summed E-state index contributed by atoms with van der Waals surface area (Å²) in [6, 6.07) is 11.0. The van der Waals surface area contributed by atoms with Gasteiger partial charge >= 0.3 is 11.9 Å². The summed E-state index contributed by atoms with van der Waals surface area (Å²) < 4.78 is 45.3. The summed E-state index contributed by atoms with van der Waals surface area (Å²) in [7, 11) is 0. The van der Waals surface area contributed by atoms with E-state index in [4.69, 9.17) is 16.3 Å². The zero-order valence-corrected chi connectivity index (χ0v) is 20.0. The molecule has 7 nitrogen and oxygen atoms in total. The highest BCUT2D eigenvalue weighted by molar-refractivity contribution is 7.22. The first-order valence-electron chi connectivity index (χ1n) is 10.4. The Morgan fingerprint density at radius 3 is 2.57 bits per heavy atom. The minimum Gasteiger partial charge on any atom is -0.469 e. The van der Waals surface area contributed by atoms with Crippen LogP contribution in [0.1, 0.15) is 24.2 Å². The molecule has 2 N–H and O–H groups in total. The van der Waals surface area contributed by atoms with Crippen LogP contribution < -0.4 is 16.0 Å². The van der Waals surface area contributed by atoms with Crippen molar-refractivity contribution in [1.29, 1.82) is 0 Å². The molecule has 0 spiro atoms. The van der Waals surface area contributed by atoms with Gasteiger partial charge in [0.15, 0.2) is 6.10 Å². The molecule has 4 rings (SSSR count). The number of aromatic amines is 1. The second kappa shape index (κ2) is 9.48. The Morgan fingerprint density at radius 1 is 1.26 bits per heavy atom. The first kappa shape index (κ1) is 25.0. The Balaban J connectivity index is 1.73. The summed E-state index contributed by atoms with van der Waals surface area (Å²) in [5, 5.41) is 9.74. The number of benzene rings is 1. The van der Waals surface area contributed by atoms with E-state index >= 15 is 0 Å². The number of ether oxygens (including phenoxy) is 1. The van der Waals surface area contributed by atoms with E-state index in [1.807, 2.05) is 42.2 Å². The van der Waals surface area contributed by atoms with Gasteiger partial charge in [-0.3, -0.25) is 14.3 Å². The summed E-state index contributed by atoms with van der Waals surface area (Å²) in [6.07, 6.45) is -6.57. The number of fused-ring (bicyclic) bond motifs is 1. The lowest BCUT2D eigenvalue weighted by Crippen LogP contribution is -2.38. The zero-order chi connectivity index (χ0) is 25.5. The number of hydrogen-bond acceptors (Lipinski definition) is 6. The molecule has 3 heterocycles. The first-order chi connectivity index (χ1) is 16.5. The maximum Gasteiger partial charge on any atom is 0.416 e. The lowest BCUT2D eigenvalue weighted by molar-refractivity contribution is -0.207. The molecule has 0 radical (unpaired) electrons. The molecule has 2 unspecified atom stereocenters. The molecule has 0 saturated heterocycles. The van der Waals surface area contributed by atoms with Crippen LogP contribution in [-0.2, 0) is 6.54 Å². The molecule has 0 fully saturated rings. The Hall–Kier alpha value is -3.15. The largest absolute Gasteiger partial charge is 0.469 e. The van der Waals surface area contributed by atoms with E-state index in [1.165, 1.54) is 6.20 Å². The molecule has 0 bridgehead atoms. The molecule has 3 aromatic heterocycles. The summed E-state index contributed by atoms with van der Waals surface area (Å²) in [4.78, 5) is 31.5. The minimum atomic E-state index is -4.93. The third-order valence-corrected chi connectivity index (χ3v) is 7.06. The number of alkyl halides is 3. The van der Waals surface area contributed by atoms with Crippen LogP contribution in [0.4, 0.5) is 13.2 Å². The molecule has 2 atom stereocenters. The van der Waals surface area contributed by atoms with E-state index in [0.29, 0.717) is 20.6 Å². The van der Waals surface area contributed by atoms with E-state index in [0.717, 1.165) is 16.9 Å². The first-order valence-corrected chi connectivity index (χ1v) is 11.5. The Morgan fingerprint density at radius 2 is 1.94 bits per heavy atom. The van der Waals surface area contributed by atoms with Gasteiger partial charge in [-0.15, -0.1) is 11.3 Å². The van der Waals surface area contributed by atoms with E-state index in [2.05, 4.69) is 4.98 Å². The Kier molecular flexibility index (Phi) is 6.76. The van der Waals surface area contributed by atoms with Gasteiger partial charge in [-0.2, -0.15) is 13.2 Å². The van der Waals surface area contributed by atoms with Gasteiger partial charge in [0.2, 0.25) is 5.88 Å². The summed E-state index contributed by atoms with van der Waals surface area (Å²) in [5.41, 5.74) is 0.0637. The van der Waals surface area contributed by atoms with E-state index in [9.17, 15) is 27.9 Å². The van der Waals surface area contributed by atoms with Crippen molar-refractivity contribution < 1.29 is 23.0 Å². The van der Waals surface area contributed by atoms with Crippen LogP contribution in [0.25, 0.3) is 20.7 Å². The number of rotatable bonds is 6. The van der Waals surface area contributed by atoms with Gasteiger partial charge in [-0.1, -0.05) is 41.9 Å². The monoisotopic (exact) mass is 525 g/mol. The molecule has 0 saturated carbocycles. The SMILES string of the molecule is Cc1c(-c2cnc(OC(C)c3ccccc3)c(Cl)c2)sc2c1c(=O)[nH]c(=O)n2CC(O)C(F)(F)F. The highest BCUT2D eigenvalue weighted by atomic mass is 35.5. The Bertz CT molecular complexity index is 1500. The van der Waals surface area contributed by atoms with Crippen LogP contribution in [0.5, 0.6) is 5.88 Å². The lowest BCUT2D eigenvalue weighted by Gasteiger charge is -2.16. The molecule has 0 aliphatic rings. The van der Waals surface area contributed by atoms with Crippen molar-refractivity contribution in [3.63, 3.8) is 0 Å². The molecule has 0 aliphatic carbocycles. The number of aryl methyl sites for hydroxylation is 1. The quantitative estimate of drug-likeness (QED) is 0.375. The van der Waals surface area contributed by atoms with E-state index in [-0.39, 0.29) is 27.2 Å². The number of aromatic nitrogens is 3. The molecular formula is C23H19ClF3N3O4S. The standard InChI is InChI=1S/C23H19ClF3N3O4S/c1-11-17-19(32)29-22(33)30(10-16(31)23(25,26)27)21(17)35-18(11)14-8-15(24)20(28-9-14)34-12(2)13-6-4-3-5-7-13/h3-9,12,16,31H,10H2,1-2H3,(H,29,32,33). The van der Waals surface area contributed by atoms with Gasteiger partial charge in [0, 0.05) is 16.6 Å². The van der Waals surface area contributed by atoms with Crippen LogP contribution in [-0.4, -0.2) is 31.9 Å². The number of nitrogens with one attached hydrogen (secondary N) is 1. The van der Waals surface area contributed by atoms with Crippen molar-refractivity contribution in [2.45, 2.75) is 38.8 Å². The third kappa shape index (κ3) is 4.97. The second-order valence-electron chi connectivity index (χ2n) is 7.85. The van der Waals surface area contributed by atoms with Crippen LogP contribution in [0.3, 0.4) is 0 Å². The van der Waals surface area contributed by atoms with Crippen molar-refractivity contribution in [1.82, 2.24) is 14.5 Å². The van der Waals surface area contributed by atoms with E-state index in [1.54, 1.807) is 13.0 Å². The normalized spacial score (nSPS) is 13.7. The predicted molar refractivity (Wildman–Crippen MR) is 127 cm³/mol. The van der Waals surface area contributed by atoms with Crippen LogP contribution in [0.2, 0.25) is 5.02 Å². The number of halogens is 4. The number of hydrogen-bond donors (Lipinski definition) is 2. The molecule has 184 valence electrons. The van der Waals surface area contributed by atoms with Crippen LogP contribution in [0, 0.1) is 6.92 Å². The van der Waals surface area contributed by atoms with Crippen LogP contribution in [0.15, 0.2) is 52.2 Å². The molecular weight excluding hydrogens is 507 g/mol. The second-order valence-corrected chi connectivity index (χ2v) is 9.25. The fraction of sp³-hybridized carbons (Fsp3) is 0.261. The topological polar surface area (TPSA) is 97.2 Å². The molecule has 0 amide bonds. The smallest absolute Gasteiger partial charge is 0.416 e. The summed E-state index contributed by atoms with van der Waals surface area (Å²) in [5.74, 6) is 0.189. The fourth-order valence-corrected chi connectivity index (χ4v) is 5.09. The number of pyridine rings is 1. The van der Waals surface area contributed by atoms with Gasteiger partial charge in [0.1, 0.15) is 16.0 Å². The molecule has 35 heavy (non-hydrogen) atoms. The number of nitrogens with zero attached hydrogens (tertiary/aromatic N) is 2. The zero-order valence-electron chi connectivity index (χ0n) is 18.4. The molecule has 0 aliphatic heterocycles. The molecule has 4 aromatic rings. The maximum atomic E-state index is 12.9. The van der Waals surface area contributed by atoms with Crippen molar-refractivity contribution >= 4 is 33.2 Å². The molecule has 12 heteroatoms. The fourth-order valence-electron chi connectivity index (χ4n) is 3.59. The molecule has 1 aromatic carbocycles. The van der Waals surface area contributed by atoms with Crippen molar-refractivity contribution in [3.05, 3.63) is 79.6 Å². The predicted octanol–water partition coefficient (Wildman–Crippen LogP) is 4.84. The third-order valence-electron chi connectivity index (χ3n) is 5.43. The highest BCUT2D eigenvalue weighted by Gasteiger charge is 2.39. The highest BCUT2D eigenvalue weighted by Crippen LogP contribution is 2.39. The van der Waals surface area contributed by atoms with Gasteiger partial charge in [-0.25, -0.2) is 9.78 Å². The van der Waals surface area contributed by atoms with Crippen molar-refractivity contribution in [2.75, 3.05) is 0 Å². The van der Waals surface area contributed by atoms with Gasteiger partial charge in [0.25, 0.3) is 5.56 Å². The summed E-state index contributed by atoms with van der Waals surface area (Å²) >= 11 is 7.34. The van der Waals surface area contributed by atoms with Crippen LogP contribution >= 0.6 is 22.9 Å². The Labute approximate surface area is 205 Å². The van der Waals surface area contributed by atoms with Crippen molar-refractivity contribution in [3.8, 4) is 16.3 Å². The van der Waals surface area contributed by atoms with Gasteiger partial charge in [0.05, 0.1) is 11.9 Å². The summed E-state index contributed by atoms with van der Waals surface area (Å²) in [6.45, 7) is 2.39. The number of aliphatic hydroxyl groups excluding tert-OH is 1. The lowest BCUT2D eigenvalue weighted by atomic mass is 10.1. The van der Waals surface area contributed by atoms with E-state index < -0.39 is 30.1 Å². The number of aliphatic hydroxyl groups is 1. The van der Waals surface area contributed by atoms with Crippen molar-refractivity contribution in [2.24, 2.45) is 0 Å². The average Bonchev–Trinajstić information content (AvgIpc) is 3.15. The minimum absolute atomic E-state index is 0.00342. The van der Waals surface area contributed by atoms with Gasteiger partial charge in [-0.05, 0) is 31.0 Å². The maximum absolute atomic E-state index is 12.9. The van der Waals surface area contributed by atoms with Gasteiger partial charge < -0.3 is 9.84 Å². The average molecular weight is 526 g/mol. The number of H-pyrrole nitrogens is 1.